The fourth-order valence-corrected chi connectivity index (χ4v) is 2.22. The summed E-state index contributed by atoms with van der Waals surface area (Å²) >= 11 is 0. The normalized spacial score (nSPS) is 12.0. The first-order chi connectivity index (χ1) is 12.4. The number of hydrogen-bond acceptors (Lipinski definition) is 3. The fourth-order valence-electron chi connectivity index (χ4n) is 2.22. The Bertz CT molecular complexity index is 747. The van der Waals surface area contributed by atoms with Crippen LogP contribution in [0, 0.1) is 0 Å². The standard InChI is InChI=1S/C18H21F3N4O/c1-3-22-17(25-12-14-7-8-23-16(10-14)26-2)24-11-13-5-4-6-15(9-13)18(19,20)21/h4-10H,3,11-12H2,1-2H3,(H2,22,24,25). The van der Waals surface area contributed by atoms with Crippen LogP contribution in [0.25, 0.3) is 0 Å². The van der Waals surface area contributed by atoms with Gasteiger partial charge in [0.2, 0.25) is 5.88 Å². The number of nitrogens with zero attached hydrogens (tertiary/aromatic N) is 2. The van der Waals surface area contributed by atoms with Gasteiger partial charge in [0.15, 0.2) is 5.96 Å². The third-order valence-electron chi connectivity index (χ3n) is 3.49. The Morgan fingerprint density at radius 1 is 1.15 bits per heavy atom. The van der Waals surface area contributed by atoms with Crippen LogP contribution in [0.4, 0.5) is 13.2 Å². The highest BCUT2D eigenvalue weighted by Crippen LogP contribution is 2.29. The molecule has 0 atom stereocenters. The number of rotatable bonds is 6. The molecule has 1 aromatic heterocycles. The zero-order valence-corrected chi connectivity index (χ0v) is 14.6. The first-order valence-electron chi connectivity index (χ1n) is 8.09. The van der Waals surface area contributed by atoms with Crippen molar-refractivity contribution in [3.63, 3.8) is 0 Å². The lowest BCUT2D eigenvalue weighted by Gasteiger charge is -2.12. The molecule has 0 unspecified atom stereocenters. The molecule has 2 rings (SSSR count). The van der Waals surface area contributed by atoms with E-state index in [1.165, 1.54) is 6.07 Å². The van der Waals surface area contributed by atoms with Crippen molar-refractivity contribution in [3.05, 3.63) is 59.3 Å². The second-order valence-corrected chi connectivity index (χ2v) is 5.45. The summed E-state index contributed by atoms with van der Waals surface area (Å²) in [7, 11) is 1.54. The number of aromatic nitrogens is 1. The molecule has 1 heterocycles. The van der Waals surface area contributed by atoms with E-state index in [9.17, 15) is 13.2 Å². The van der Waals surface area contributed by atoms with Crippen LogP contribution in [0.15, 0.2) is 47.6 Å². The summed E-state index contributed by atoms with van der Waals surface area (Å²) in [5, 5.41) is 6.20. The number of benzene rings is 1. The molecule has 0 saturated carbocycles. The van der Waals surface area contributed by atoms with Crippen molar-refractivity contribution in [1.29, 1.82) is 0 Å². The van der Waals surface area contributed by atoms with Crippen molar-refractivity contribution in [1.82, 2.24) is 15.6 Å². The van der Waals surface area contributed by atoms with Gasteiger partial charge in [-0.2, -0.15) is 13.2 Å². The van der Waals surface area contributed by atoms with E-state index in [1.807, 2.05) is 13.0 Å². The van der Waals surface area contributed by atoms with Crippen molar-refractivity contribution in [2.75, 3.05) is 13.7 Å². The lowest BCUT2D eigenvalue weighted by Crippen LogP contribution is -2.36. The van der Waals surface area contributed by atoms with Crippen molar-refractivity contribution >= 4 is 5.96 Å². The lowest BCUT2D eigenvalue weighted by atomic mass is 10.1. The van der Waals surface area contributed by atoms with Crippen molar-refractivity contribution in [3.8, 4) is 5.88 Å². The van der Waals surface area contributed by atoms with Gasteiger partial charge in [-0.3, -0.25) is 0 Å². The second-order valence-electron chi connectivity index (χ2n) is 5.45. The Morgan fingerprint density at radius 2 is 1.96 bits per heavy atom. The van der Waals surface area contributed by atoms with Gasteiger partial charge in [0.05, 0.1) is 19.2 Å². The predicted octanol–water partition coefficient (Wildman–Crippen LogP) is 3.36. The number of guanidine groups is 1. The Morgan fingerprint density at radius 3 is 2.65 bits per heavy atom. The molecule has 0 aliphatic heterocycles. The first-order valence-corrected chi connectivity index (χ1v) is 8.09. The summed E-state index contributed by atoms with van der Waals surface area (Å²) in [5.74, 6) is 1.02. The van der Waals surface area contributed by atoms with Crippen LogP contribution in [-0.2, 0) is 19.3 Å². The Labute approximate surface area is 150 Å². The number of pyridine rings is 1. The SMILES string of the molecule is CCNC(=NCc1cccc(C(F)(F)F)c1)NCc1ccnc(OC)c1. The monoisotopic (exact) mass is 366 g/mol. The van der Waals surface area contributed by atoms with Crippen molar-refractivity contribution in [2.45, 2.75) is 26.2 Å². The molecule has 2 aromatic rings. The molecule has 0 fully saturated rings. The molecule has 0 amide bonds. The molecular formula is C18H21F3N4O. The third kappa shape index (κ3) is 5.94. The van der Waals surface area contributed by atoms with Crippen LogP contribution in [0.5, 0.6) is 5.88 Å². The van der Waals surface area contributed by atoms with Gasteiger partial charge < -0.3 is 15.4 Å². The van der Waals surface area contributed by atoms with Gasteiger partial charge in [0.1, 0.15) is 0 Å². The molecule has 140 valence electrons. The number of aliphatic imine (C=N–C) groups is 1. The van der Waals surface area contributed by atoms with Gasteiger partial charge in [0.25, 0.3) is 0 Å². The minimum absolute atomic E-state index is 0.138. The highest BCUT2D eigenvalue weighted by molar-refractivity contribution is 5.79. The second kappa shape index (κ2) is 9.07. The number of halogens is 3. The Hall–Kier alpha value is -2.77. The Balaban J connectivity index is 2.04. The summed E-state index contributed by atoms with van der Waals surface area (Å²) in [6, 6.07) is 8.80. The van der Waals surface area contributed by atoms with Crippen LogP contribution in [-0.4, -0.2) is 24.6 Å². The topological polar surface area (TPSA) is 58.5 Å². The van der Waals surface area contributed by atoms with Gasteiger partial charge in [-0.1, -0.05) is 12.1 Å². The molecule has 0 bridgehead atoms. The molecule has 0 aliphatic carbocycles. The first kappa shape index (κ1) is 19.6. The number of hydrogen-bond donors (Lipinski definition) is 2. The maximum atomic E-state index is 12.8. The average Bonchev–Trinajstić information content (AvgIpc) is 2.63. The number of methoxy groups -OCH3 is 1. The van der Waals surface area contributed by atoms with Gasteiger partial charge in [0, 0.05) is 25.4 Å². The lowest BCUT2D eigenvalue weighted by molar-refractivity contribution is -0.137. The molecule has 0 aliphatic rings. The fraction of sp³-hybridized carbons (Fsp3) is 0.333. The van der Waals surface area contributed by atoms with E-state index in [4.69, 9.17) is 4.74 Å². The van der Waals surface area contributed by atoms with Gasteiger partial charge in [-0.05, 0) is 36.2 Å². The molecule has 8 heteroatoms. The predicted molar refractivity (Wildman–Crippen MR) is 93.9 cm³/mol. The van der Waals surface area contributed by atoms with Gasteiger partial charge >= 0.3 is 6.18 Å². The van der Waals surface area contributed by atoms with E-state index >= 15 is 0 Å². The minimum atomic E-state index is -4.36. The molecule has 0 radical (unpaired) electrons. The molecule has 5 nitrogen and oxygen atoms in total. The van der Waals surface area contributed by atoms with Crippen LogP contribution in [0.2, 0.25) is 0 Å². The van der Waals surface area contributed by atoms with Crippen molar-refractivity contribution < 1.29 is 17.9 Å². The molecule has 1 aromatic carbocycles. The highest BCUT2D eigenvalue weighted by atomic mass is 19.4. The molecule has 26 heavy (non-hydrogen) atoms. The van der Waals surface area contributed by atoms with E-state index < -0.39 is 11.7 Å². The highest BCUT2D eigenvalue weighted by Gasteiger charge is 2.30. The summed E-state index contributed by atoms with van der Waals surface area (Å²) in [5.41, 5.74) is 0.760. The molecule has 2 N–H and O–H groups in total. The average molecular weight is 366 g/mol. The van der Waals surface area contributed by atoms with E-state index in [0.717, 1.165) is 17.7 Å². The zero-order valence-electron chi connectivity index (χ0n) is 14.6. The van der Waals surface area contributed by atoms with E-state index in [0.29, 0.717) is 30.5 Å². The maximum absolute atomic E-state index is 12.8. The largest absolute Gasteiger partial charge is 0.481 e. The summed E-state index contributed by atoms with van der Waals surface area (Å²) in [6.07, 6.45) is -2.72. The molecule has 0 saturated heterocycles. The smallest absolute Gasteiger partial charge is 0.416 e. The van der Waals surface area contributed by atoms with E-state index in [1.54, 1.807) is 25.4 Å². The number of ether oxygens (including phenoxy) is 1. The summed E-state index contributed by atoms with van der Waals surface area (Å²) in [4.78, 5) is 8.38. The quantitative estimate of drug-likeness (QED) is 0.608. The summed E-state index contributed by atoms with van der Waals surface area (Å²) < 4.78 is 43.4. The van der Waals surface area contributed by atoms with Crippen molar-refractivity contribution in [2.24, 2.45) is 4.99 Å². The van der Waals surface area contributed by atoms with Crippen LogP contribution < -0.4 is 15.4 Å². The van der Waals surface area contributed by atoms with Crippen LogP contribution in [0.1, 0.15) is 23.6 Å². The minimum Gasteiger partial charge on any atom is -0.481 e. The van der Waals surface area contributed by atoms with E-state index in [-0.39, 0.29) is 6.54 Å². The summed E-state index contributed by atoms with van der Waals surface area (Å²) in [6.45, 7) is 3.16. The zero-order chi connectivity index (χ0) is 19.0. The molecule has 0 spiro atoms. The van der Waals surface area contributed by atoms with Gasteiger partial charge in [-0.25, -0.2) is 9.98 Å². The number of nitrogens with one attached hydrogen (secondary N) is 2. The maximum Gasteiger partial charge on any atom is 0.416 e. The third-order valence-corrected chi connectivity index (χ3v) is 3.49. The number of alkyl halides is 3. The van der Waals surface area contributed by atoms with Crippen LogP contribution in [0.3, 0.4) is 0 Å². The van der Waals surface area contributed by atoms with E-state index in [2.05, 4.69) is 20.6 Å². The van der Waals surface area contributed by atoms with Gasteiger partial charge in [-0.15, -0.1) is 0 Å². The Kier molecular flexibility index (Phi) is 6.82. The van der Waals surface area contributed by atoms with Crippen LogP contribution >= 0.6 is 0 Å². The molecular weight excluding hydrogens is 345 g/mol.